The fourth-order valence-corrected chi connectivity index (χ4v) is 1.97. The minimum Gasteiger partial charge on any atom is -0.341 e. The molecule has 2 amide bonds. The number of nitrogens with one attached hydrogen (secondary N) is 2. The Morgan fingerprint density at radius 1 is 1.04 bits per heavy atom. The number of amides is 2. The van der Waals surface area contributed by atoms with Gasteiger partial charge >= 0.3 is 0 Å². The highest BCUT2D eigenvalue weighted by Crippen LogP contribution is 2.13. The van der Waals surface area contributed by atoms with Crippen molar-refractivity contribution in [3.8, 4) is 0 Å². The van der Waals surface area contributed by atoms with E-state index in [4.69, 9.17) is 11.6 Å². The molecule has 0 heterocycles. The van der Waals surface area contributed by atoms with Crippen LogP contribution in [0, 0.1) is 0 Å². The van der Waals surface area contributed by atoms with Crippen molar-refractivity contribution in [3.63, 3.8) is 0 Å². The number of carbonyl (C=O) groups is 2. The summed E-state index contributed by atoms with van der Waals surface area (Å²) in [6.45, 7) is 1.62. The number of hydrogen-bond acceptors (Lipinski definition) is 2. The SMILES string of the molecule is C[C@H](NC(=O)/C=C/c1ccccc1)C(=O)Nc1ccc(Cl)cc1. The highest BCUT2D eigenvalue weighted by atomic mass is 35.5. The second-order valence-corrected chi connectivity index (χ2v) is 5.41. The van der Waals surface area contributed by atoms with Crippen molar-refractivity contribution in [2.24, 2.45) is 0 Å². The molecule has 2 aromatic carbocycles. The zero-order chi connectivity index (χ0) is 16.7. The van der Waals surface area contributed by atoms with E-state index in [1.165, 1.54) is 6.08 Å². The standard InChI is InChI=1S/C18H17ClN2O2/c1-13(18(23)21-16-10-8-15(19)9-11-16)20-17(22)12-7-14-5-3-2-4-6-14/h2-13H,1H3,(H,20,22)(H,21,23)/b12-7+/t13-/m0/s1. The first kappa shape index (κ1) is 16.8. The first-order valence-electron chi connectivity index (χ1n) is 7.14. The van der Waals surface area contributed by atoms with Gasteiger partial charge in [0.05, 0.1) is 0 Å². The fraction of sp³-hybridized carbons (Fsp3) is 0.111. The Kier molecular flexibility index (Phi) is 5.94. The van der Waals surface area contributed by atoms with Gasteiger partial charge in [-0.3, -0.25) is 9.59 Å². The molecular weight excluding hydrogens is 312 g/mol. The predicted molar refractivity (Wildman–Crippen MR) is 93.2 cm³/mol. The van der Waals surface area contributed by atoms with E-state index in [0.717, 1.165) is 5.56 Å². The van der Waals surface area contributed by atoms with Crippen LogP contribution in [0.1, 0.15) is 12.5 Å². The molecule has 2 aromatic rings. The second-order valence-electron chi connectivity index (χ2n) is 4.97. The lowest BCUT2D eigenvalue weighted by atomic mass is 10.2. The molecule has 0 aromatic heterocycles. The summed E-state index contributed by atoms with van der Waals surface area (Å²) in [4.78, 5) is 23.9. The Hall–Kier alpha value is -2.59. The third-order valence-electron chi connectivity index (χ3n) is 3.09. The Morgan fingerprint density at radius 3 is 2.35 bits per heavy atom. The number of anilines is 1. The van der Waals surface area contributed by atoms with Crippen LogP contribution in [0.5, 0.6) is 0 Å². The van der Waals surface area contributed by atoms with Gasteiger partial charge in [0.2, 0.25) is 11.8 Å². The molecular formula is C18H17ClN2O2. The normalized spacial score (nSPS) is 11.9. The van der Waals surface area contributed by atoms with E-state index in [9.17, 15) is 9.59 Å². The minimum atomic E-state index is -0.654. The van der Waals surface area contributed by atoms with Crippen molar-refractivity contribution in [2.75, 3.05) is 5.32 Å². The van der Waals surface area contributed by atoms with Crippen molar-refractivity contribution in [3.05, 3.63) is 71.3 Å². The lowest BCUT2D eigenvalue weighted by Gasteiger charge is -2.13. The van der Waals surface area contributed by atoms with E-state index < -0.39 is 6.04 Å². The van der Waals surface area contributed by atoms with Gasteiger partial charge in [-0.25, -0.2) is 0 Å². The zero-order valence-corrected chi connectivity index (χ0v) is 13.4. The van der Waals surface area contributed by atoms with Gasteiger partial charge < -0.3 is 10.6 Å². The molecule has 0 aliphatic carbocycles. The summed E-state index contributed by atoms with van der Waals surface area (Å²) < 4.78 is 0. The van der Waals surface area contributed by atoms with Crippen molar-refractivity contribution in [1.29, 1.82) is 0 Å². The minimum absolute atomic E-state index is 0.297. The van der Waals surface area contributed by atoms with Gasteiger partial charge in [-0.15, -0.1) is 0 Å². The number of halogens is 1. The van der Waals surface area contributed by atoms with Gasteiger partial charge in [-0.2, -0.15) is 0 Å². The molecule has 23 heavy (non-hydrogen) atoms. The summed E-state index contributed by atoms with van der Waals surface area (Å²) in [6.07, 6.45) is 3.10. The highest BCUT2D eigenvalue weighted by molar-refractivity contribution is 6.30. The summed E-state index contributed by atoms with van der Waals surface area (Å²) in [6, 6.07) is 15.6. The monoisotopic (exact) mass is 328 g/mol. The highest BCUT2D eigenvalue weighted by Gasteiger charge is 2.14. The third kappa shape index (κ3) is 5.60. The van der Waals surface area contributed by atoms with E-state index in [1.807, 2.05) is 30.3 Å². The van der Waals surface area contributed by atoms with Gasteiger partial charge in [0.1, 0.15) is 6.04 Å². The molecule has 2 N–H and O–H groups in total. The maximum atomic E-state index is 12.0. The van der Waals surface area contributed by atoms with Crippen LogP contribution in [0.2, 0.25) is 5.02 Å². The number of benzene rings is 2. The van der Waals surface area contributed by atoms with Crippen LogP contribution in [0.3, 0.4) is 0 Å². The first-order chi connectivity index (χ1) is 11.0. The topological polar surface area (TPSA) is 58.2 Å². The summed E-state index contributed by atoms with van der Waals surface area (Å²) in [5, 5.41) is 5.92. The van der Waals surface area contributed by atoms with Crippen molar-refractivity contribution in [2.45, 2.75) is 13.0 Å². The van der Waals surface area contributed by atoms with Gasteiger partial charge in [0, 0.05) is 16.8 Å². The quantitative estimate of drug-likeness (QED) is 0.825. The molecule has 0 bridgehead atoms. The van der Waals surface area contributed by atoms with E-state index in [2.05, 4.69) is 10.6 Å². The molecule has 1 atom stereocenters. The Bertz CT molecular complexity index is 697. The van der Waals surface area contributed by atoms with Crippen LogP contribution in [-0.2, 0) is 9.59 Å². The molecule has 4 nitrogen and oxygen atoms in total. The summed E-state index contributed by atoms with van der Waals surface area (Å²) in [7, 11) is 0. The number of carbonyl (C=O) groups excluding carboxylic acids is 2. The summed E-state index contributed by atoms with van der Waals surface area (Å²) >= 11 is 5.79. The van der Waals surface area contributed by atoms with Gasteiger partial charge in [-0.05, 0) is 42.8 Å². The van der Waals surface area contributed by atoms with Crippen LogP contribution < -0.4 is 10.6 Å². The number of rotatable bonds is 5. The molecule has 0 fully saturated rings. The Labute approximate surface area is 140 Å². The van der Waals surface area contributed by atoms with Crippen LogP contribution in [0.4, 0.5) is 5.69 Å². The van der Waals surface area contributed by atoms with Crippen molar-refractivity contribution >= 4 is 35.2 Å². The molecule has 0 spiro atoms. The predicted octanol–water partition coefficient (Wildman–Crippen LogP) is 3.50. The van der Waals surface area contributed by atoms with Gasteiger partial charge in [0.25, 0.3) is 0 Å². The number of hydrogen-bond donors (Lipinski definition) is 2. The van der Waals surface area contributed by atoms with E-state index in [0.29, 0.717) is 10.7 Å². The lowest BCUT2D eigenvalue weighted by Crippen LogP contribution is -2.40. The molecule has 0 saturated carbocycles. The zero-order valence-electron chi connectivity index (χ0n) is 12.6. The van der Waals surface area contributed by atoms with Crippen molar-refractivity contribution < 1.29 is 9.59 Å². The van der Waals surface area contributed by atoms with E-state index in [-0.39, 0.29) is 11.8 Å². The van der Waals surface area contributed by atoms with E-state index >= 15 is 0 Å². The molecule has 0 aliphatic rings. The summed E-state index contributed by atoms with van der Waals surface area (Å²) in [5.41, 5.74) is 1.54. The molecule has 0 unspecified atom stereocenters. The average Bonchev–Trinajstić information content (AvgIpc) is 2.56. The van der Waals surface area contributed by atoms with E-state index in [1.54, 1.807) is 37.3 Å². The largest absolute Gasteiger partial charge is 0.341 e. The lowest BCUT2D eigenvalue weighted by molar-refractivity contribution is -0.123. The molecule has 118 valence electrons. The molecule has 2 rings (SSSR count). The van der Waals surface area contributed by atoms with Crippen LogP contribution in [0.15, 0.2) is 60.7 Å². The van der Waals surface area contributed by atoms with Crippen LogP contribution in [0.25, 0.3) is 6.08 Å². The maximum Gasteiger partial charge on any atom is 0.246 e. The molecule has 0 saturated heterocycles. The van der Waals surface area contributed by atoms with Gasteiger partial charge in [-0.1, -0.05) is 41.9 Å². The molecule has 0 radical (unpaired) electrons. The Morgan fingerprint density at radius 2 is 1.70 bits per heavy atom. The third-order valence-corrected chi connectivity index (χ3v) is 3.34. The second kappa shape index (κ2) is 8.15. The van der Waals surface area contributed by atoms with Crippen LogP contribution in [-0.4, -0.2) is 17.9 Å². The summed E-state index contributed by atoms with van der Waals surface area (Å²) in [5.74, 6) is -0.624. The Balaban J connectivity index is 1.86. The van der Waals surface area contributed by atoms with Crippen molar-refractivity contribution in [1.82, 2.24) is 5.32 Å². The van der Waals surface area contributed by atoms with Crippen LogP contribution >= 0.6 is 11.6 Å². The molecule has 5 heteroatoms. The first-order valence-corrected chi connectivity index (χ1v) is 7.52. The smallest absolute Gasteiger partial charge is 0.246 e. The van der Waals surface area contributed by atoms with Gasteiger partial charge in [0.15, 0.2) is 0 Å². The maximum absolute atomic E-state index is 12.0. The molecule has 0 aliphatic heterocycles. The average molecular weight is 329 g/mol. The fourth-order valence-electron chi connectivity index (χ4n) is 1.85.